The maximum absolute atomic E-state index is 13.2. The molecule has 0 radical (unpaired) electrons. The van der Waals surface area contributed by atoms with Crippen molar-refractivity contribution in [3.8, 4) is 11.5 Å². The minimum atomic E-state index is -0.797. The molecule has 1 fully saturated rings. The predicted octanol–water partition coefficient (Wildman–Crippen LogP) is 5.77. The normalized spacial score (nSPS) is 14.8. The molecule has 178 valence electrons. The fourth-order valence-electron chi connectivity index (χ4n) is 3.42. The number of aryl methyl sites for hydroxylation is 1. The lowest BCUT2D eigenvalue weighted by Crippen LogP contribution is -2.54. The van der Waals surface area contributed by atoms with Gasteiger partial charge in [-0.2, -0.15) is 0 Å². The summed E-state index contributed by atoms with van der Waals surface area (Å²) in [5.41, 5.74) is 2.64. The summed E-state index contributed by atoms with van der Waals surface area (Å²) in [4.78, 5) is 39.1. The summed E-state index contributed by atoms with van der Waals surface area (Å²) < 4.78 is 13.0. The van der Waals surface area contributed by atoms with Crippen LogP contribution in [0.4, 0.5) is 10.5 Å². The number of amides is 4. The molecule has 0 bridgehead atoms. The van der Waals surface area contributed by atoms with Gasteiger partial charge in [0, 0.05) is 8.95 Å². The molecule has 1 N–H and O–H groups in total. The van der Waals surface area contributed by atoms with Gasteiger partial charge in [-0.25, -0.2) is 9.69 Å². The van der Waals surface area contributed by atoms with E-state index in [0.717, 1.165) is 20.5 Å². The van der Waals surface area contributed by atoms with Gasteiger partial charge < -0.3 is 9.47 Å². The monoisotopic (exact) mass is 598 g/mol. The molecule has 1 aliphatic rings. The quantitative estimate of drug-likeness (QED) is 0.287. The molecule has 0 aromatic heterocycles. The first-order valence-corrected chi connectivity index (χ1v) is 12.1. The molecule has 0 atom stereocenters. The first-order chi connectivity index (χ1) is 16.8. The van der Waals surface area contributed by atoms with E-state index in [1.54, 1.807) is 36.4 Å². The van der Waals surface area contributed by atoms with Gasteiger partial charge in [-0.15, -0.1) is 0 Å². The minimum Gasteiger partial charge on any atom is -0.493 e. The van der Waals surface area contributed by atoms with Gasteiger partial charge in [-0.1, -0.05) is 61.7 Å². The first-order valence-electron chi connectivity index (χ1n) is 10.5. The standard InChI is InChI=1S/C26H20Br2N2O5/c1-15-3-9-19(10-4-15)30-25(32)20(24(31)29-26(30)33)11-17-12-22(34-2)23(13-21(17)28)35-14-16-5-7-18(27)8-6-16/h3-13H,14H2,1-2H3,(H,29,31,33)/b20-11+. The zero-order valence-corrected chi connectivity index (χ0v) is 22.0. The molecule has 1 heterocycles. The van der Waals surface area contributed by atoms with Crippen molar-refractivity contribution in [1.82, 2.24) is 5.32 Å². The van der Waals surface area contributed by atoms with E-state index in [0.29, 0.717) is 33.8 Å². The summed E-state index contributed by atoms with van der Waals surface area (Å²) in [7, 11) is 1.50. The smallest absolute Gasteiger partial charge is 0.335 e. The summed E-state index contributed by atoms with van der Waals surface area (Å²) in [5.74, 6) is -0.582. The number of urea groups is 1. The maximum Gasteiger partial charge on any atom is 0.335 e. The van der Waals surface area contributed by atoms with Crippen LogP contribution in [0.25, 0.3) is 6.08 Å². The number of nitrogens with zero attached hydrogens (tertiary/aromatic N) is 1. The molecule has 9 heteroatoms. The van der Waals surface area contributed by atoms with Gasteiger partial charge in [-0.05, 0) is 60.5 Å². The van der Waals surface area contributed by atoms with E-state index in [4.69, 9.17) is 9.47 Å². The second kappa shape index (κ2) is 10.5. The van der Waals surface area contributed by atoms with Gasteiger partial charge in [0.05, 0.1) is 12.8 Å². The number of halogens is 2. The average Bonchev–Trinajstić information content (AvgIpc) is 2.83. The molecule has 0 spiro atoms. The molecule has 4 amide bonds. The van der Waals surface area contributed by atoms with Crippen LogP contribution < -0.4 is 19.7 Å². The number of rotatable bonds is 6. The van der Waals surface area contributed by atoms with Crippen LogP contribution in [-0.2, 0) is 16.2 Å². The van der Waals surface area contributed by atoms with E-state index in [9.17, 15) is 14.4 Å². The Bertz CT molecular complexity index is 1340. The number of hydrogen-bond donors (Lipinski definition) is 1. The van der Waals surface area contributed by atoms with Crippen molar-refractivity contribution in [3.63, 3.8) is 0 Å². The summed E-state index contributed by atoms with van der Waals surface area (Å²) in [6.07, 6.45) is 1.41. The molecular formula is C26H20Br2N2O5. The van der Waals surface area contributed by atoms with Gasteiger partial charge in [0.1, 0.15) is 12.2 Å². The average molecular weight is 600 g/mol. The molecule has 0 unspecified atom stereocenters. The molecule has 3 aromatic rings. The highest BCUT2D eigenvalue weighted by molar-refractivity contribution is 9.10. The van der Waals surface area contributed by atoms with Crippen molar-refractivity contribution in [2.75, 3.05) is 12.0 Å². The third-order valence-electron chi connectivity index (χ3n) is 5.28. The van der Waals surface area contributed by atoms with Crippen LogP contribution in [0.15, 0.2) is 75.2 Å². The number of hydrogen-bond acceptors (Lipinski definition) is 5. The first kappa shape index (κ1) is 24.7. The Morgan fingerprint density at radius 2 is 1.63 bits per heavy atom. The Hall–Kier alpha value is -3.43. The second-order valence-corrected chi connectivity index (χ2v) is 9.50. The molecule has 0 saturated carbocycles. The SMILES string of the molecule is COc1cc(/C=C2\C(=O)NC(=O)N(c3ccc(C)cc3)C2=O)c(Br)cc1OCc1ccc(Br)cc1. The van der Waals surface area contributed by atoms with Crippen LogP contribution in [0.2, 0.25) is 0 Å². The lowest BCUT2D eigenvalue weighted by molar-refractivity contribution is -0.122. The van der Waals surface area contributed by atoms with E-state index in [-0.39, 0.29) is 5.57 Å². The fraction of sp³-hybridized carbons (Fsp3) is 0.115. The maximum atomic E-state index is 13.2. The van der Waals surface area contributed by atoms with Gasteiger partial charge in [0.25, 0.3) is 11.8 Å². The van der Waals surface area contributed by atoms with Crippen LogP contribution in [0.1, 0.15) is 16.7 Å². The van der Waals surface area contributed by atoms with Crippen molar-refractivity contribution in [1.29, 1.82) is 0 Å². The number of imide groups is 2. The van der Waals surface area contributed by atoms with Crippen molar-refractivity contribution in [2.45, 2.75) is 13.5 Å². The molecule has 4 rings (SSSR count). The highest BCUT2D eigenvalue weighted by Crippen LogP contribution is 2.36. The number of ether oxygens (including phenoxy) is 2. The zero-order chi connectivity index (χ0) is 25.1. The molecule has 3 aromatic carbocycles. The summed E-state index contributed by atoms with van der Waals surface area (Å²) >= 11 is 6.89. The fourth-order valence-corrected chi connectivity index (χ4v) is 4.12. The third kappa shape index (κ3) is 5.47. The molecule has 1 aliphatic heterocycles. The van der Waals surface area contributed by atoms with E-state index >= 15 is 0 Å². The lowest BCUT2D eigenvalue weighted by atomic mass is 10.1. The topological polar surface area (TPSA) is 84.9 Å². The largest absolute Gasteiger partial charge is 0.493 e. The number of nitrogens with one attached hydrogen (secondary N) is 1. The Balaban J connectivity index is 1.63. The Morgan fingerprint density at radius 1 is 0.943 bits per heavy atom. The lowest BCUT2D eigenvalue weighted by Gasteiger charge is -2.26. The van der Waals surface area contributed by atoms with Crippen LogP contribution >= 0.6 is 31.9 Å². The predicted molar refractivity (Wildman–Crippen MR) is 139 cm³/mol. The van der Waals surface area contributed by atoms with Gasteiger partial charge in [0.2, 0.25) is 0 Å². The van der Waals surface area contributed by atoms with E-state index in [1.807, 2.05) is 31.2 Å². The van der Waals surface area contributed by atoms with Gasteiger partial charge in [-0.3, -0.25) is 14.9 Å². The van der Waals surface area contributed by atoms with Crippen molar-refractivity contribution < 1.29 is 23.9 Å². The summed E-state index contributed by atoms with van der Waals surface area (Å²) in [5, 5.41) is 2.23. The number of anilines is 1. The molecule has 1 saturated heterocycles. The molecule has 35 heavy (non-hydrogen) atoms. The van der Waals surface area contributed by atoms with Crippen molar-refractivity contribution >= 4 is 61.5 Å². The number of methoxy groups -OCH3 is 1. The Morgan fingerprint density at radius 3 is 2.29 bits per heavy atom. The number of carbonyl (C=O) groups is 3. The highest BCUT2D eigenvalue weighted by atomic mass is 79.9. The third-order valence-corrected chi connectivity index (χ3v) is 6.50. The number of benzene rings is 3. The molecule has 0 aliphatic carbocycles. The minimum absolute atomic E-state index is 0.184. The second-order valence-electron chi connectivity index (χ2n) is 7.73. The van der Waals surface area contributed by atoms with Crippen LogP contribution in [0.5, 0.6) is 11.5 Å². The Labute approximate surface area is 219 Å². The van der Waals surface area contributed by atoms with E-state index in [1.165, 1.54) is 13.2 Å². The molecular weight excluding hydrogens is 580 g/mol. The van der Waals surface area contributed by atoms with Crippen LogP contribution in [0.3, 0.4) is 0 Å². The van der Waals surface area contributed by atoms with E-state index in [2.05, 4.69) is 37.2 Å². The van der Waals surface area contributed by atoms with E-state index < -0.39 is 17.8 Å². The summed E-state index contributed by atoms with van der Waals surface area (Å²) in [6, 6.07) is 17.2. The van der Waals surface area contributed by atoms with Crippen molar-refractivity contribution in [2.24, 2.45) is 0 Å². The van der Waals surface area contributed by atoms with Crippen LogP contribution in [0, 0.1) is 6.92 Å². The number of carbonyl (C=O) groups excluding carboxylic acids is 3. The summed E-state index contributed by atoms with van der Waals surface area (Å²) in [6.45, 7) is 2.22. The van der Waals surface area contributed by atoms with Crippen molar-refractivity contribution in [3.05, 3.63) is 91.9 Å². The van der Waals surface area contributed by atoms with Gasteiger partial charge in [0.15, 0.2) is 11.5 Å². The van der Waals surface area contributed by atoms with Gasteiger partial charge >= 0.3 is 6.03 Å². The number of barbiturate groups is 1. The Kier molecular flexibility index (Phi) is 7.37. The zero-order valence-electron chi connectivity index (χ0n) is 18.8. The highest BCUT2D eigenvalue weighted by Gasteiger charge is 2.37. The van der Waals surface area contributed by atoms with Crippen LogP contribution in [-0.4, -0.2) is 25.0 Å². The molecule has 7 nitrogen and oxygen atoms in total.